The van der Waals surface area contributed by atoms with Gasteiger partial charge in [-0.25, -0.2) is 0 Å². The number of aromatic nitrogens is 1. The van der Waals surface area contributed by atoms with E-state index in [0.29, 0.717) is 6.04 Å². The number of nitrogen functional groups attached to an aromatic ring is 1. The van der Waals surface area contributed by atoms with Gasteiger partial charge >= 0.3 is 0 Å². The number of hydrogen-bond donors (Lipinski definition) is 2. The minimum Gasteiger partial charge on any atom is -0.398 e. The molecule has 0 saturated carbocycles. The number of anilines is 1. The Morgan fingerprint density at radius 3 is 2.95 bits per heavy atom. The standard InChI is InChI=1S/C16H29N5/c1-4-6-19-16(14-11-18-7-5-15(14)17)10-13-12-20(2)8-9-21(13)3/h5,7,11,13,16,19H,4,6,8-10,12H2,1-3H3,(H2,17,18). The topological polar surface area (TPSA) is 57.4 Å². The van der Waals surface area contributed by atoms with Crippen LogP contribution in [0.1, 0.15) is 31.4 Å². The quantitative estimate of drug-likeness (QED) is 0.828. The van der Waals surface area contributed by atoms with Crippen molar-refractivity contribution in [1.29, 1.82) is 0 Å². The monoisotopic (exact) mass is 291 g/mol. The summed E-state index contributed by atoms with van der Waals surface area (Å²) < 4.78 is 0. The van der Waals surface area contributed by atoms with E-state index in [0.717, 1.165) is 50.3 Å². The highest BCUT2D eigenvalue weighted by molar-refractivity contribution is 5.46. The second-order valence-corrected chi connectivity index (χ2v) is 6.14. The fraction of sp³-hybridized carbons (Fsp3) is 0.688. The number of likely N-dealkylation sites (N-methyl/N-ethyl adjacent to an activating group) is 2. The number of hydrogen-bond acceptors (Lipinski definition) is 5. The van der Waals surface area contributed by atoms with E-state index in [4.69, 9.17) is 5.73 Å². The maximum absolute atomic E-state index is 6.16. The molecule has 5 heteroatoms. The Morgan fingerprint density at radius 1 is 1.43 bits per heavy atom. The van der Waals surface area contributed by atoms with Crippen LogP contribution in [0.2, 0.25) is 0 Å². The van der Waals surface area contributed by atoms with Gasteiger partial charge in [-0.3, -0.25) is 4.98 Å². The third kappa shape index (κ3) is 4.40. The average molecular weight is 291 g/mol. The fourth-order valence-corrected chi connectivity index (χ4v) is 2.98. The first-order valence-electron chi connectivity index (χ1n) is 7.93. The van der Waals surface area contributed by atoms with Gasteiger partial charge in [-0.15, -0.1) is 0 Å². The number of nitrogens with two attached hydrogens (primary N) is 1. The Hall–Kier alpha value is -1.17. The van der Waals surface area contributed by atoms with Gasteiger partial charge in [0.2, 0.25) is 0 Å². The Morgan fingerprint density at radius 2 is 2.24 bits per heavy atom. The first-order chi connectivity index (χ1) is 10.1. The zero-order valence-corrected chi connectivity index (χ0v) is 13.5. The van der Waals surface area contributed by atoms with Crippen molar-refractivity contribution in [3.63, 3.8) is 0 Å². The lowest BCUT2D eigenvalue weighted by Crippen LogP contribution is -2.51. The summed E-state index contributed by atoms with van der Waals surface area (Å²) in [7, 11) is 4.42. The molecular formula is C16H29N5. The van der Waals surface area contributed by atoms with Gasteiger partial charge in [0.15, 0.2) is 0 Å². The molecule has 1 aliphatic heterocycles. The molecule has 0 bridgehead atoms. The van der Waals surface area contributed by atoms with Crippen molar-refractivity contribution in [3.8, 4) is 0 Å². The SMILES string of the molecule is CCCNC(CC1CN(C)CCN1C)c1cnccc1N. The molecule has 2 heterocycles. The Bertz CT molecular complexity index is 436. The maximum Gasteiger partial charge on any atom is 0.0393 e. The third-order valence-corrected chi connectivity index (χ3v) is 4.39. The molecule has 3 N–H and O–H groups in total. The molecule has 118 valence electrons. The number of nitrogens with zero attached hydrogens (tertiary/aromatic N) is 3. The summed E-state index contributed by atoms with van der Waals surface area (Å²) in [6.45, 7) is 6.59. The van der Waals surface area contributed by atoms with Gasteiger partial charge in [-0.2, -0.15) is 0 Å². The number of piperazine rings is 1. The molecular weight excluding hydrogens is 262 g/mol. The summed E-state index contributed by atoms with van der Waals surface area (Å²) in [5.74, 6) is 0. The summed E-state index contributed by atoms with van der Waals surface area (Å²) in [5, 5.41) is 3.64. The molecule has 1 aliphatic rings. The van der Waals surface area contributed by atoms with Crippen molar-refractivity contribution in [2.45, 2.75) is 31.8 Å². The van der Waals surface area contributed by atoms with Gasteiger partial charge < -0.3 is 20.9 Å². The molecule has 21 heavy (non-hydrogen) atoms. The van der Waals surface area contributed by atoms with Crippen LogP contribution in [-0.2, 0) is 0 Å². The molecule has 1 aromatic rings. The van der Waals surface area contributed by atoms with Gasteiger partial charge in [-0.1, -0.05) is 6.92 Å². The Balaban J connectivity index is 2.10. The highest BCUT2D eigenvalue weighted by atomic mass is 15.3. The summed E-state index contributed by atoms with van der Waals surface area (Å²) >= 11 is 0. The third-order valence-electron chi connectivity index (χ3n) is 4.39. The normalized spacial score (nSPS) is 22.3. The van der Waals surface area contributed by atoms with Gasteiger partial charge in [0, 0.05) is 55.4 Å². The summed E-state index contributed by atoms with van der Waals surface area (Å²) in [5.41, 5.74) is 8.13. The van der Waals surface area contributed by atoms with E-state index in [1.807, 2.05) is 12.3 Å². The van der Waals surface area contributed by atoms with Crippen LogP contribution < -0.4 is 11.1 Å². The van der Waals surface area contributed by atoms with E-state index in [-0.39, 0.29) is 6.04 Å². The molecule has 5 nitrogen and oxygen atoms in total. The van der Waals surface area contributed by atoms with E-state index in [1.165, 1.54) is 0 Å². The van der Waals surface area contributed by atoms with Crippen molar-refractivity contribution < 1.29 is 0 Å². The van der Waals surface area contributed by atoms with E-state index < -0.39 is 0 Å². The molecule has 0 amide bonds. The zero-order chi connectivity index (χ0) is 15.2. The zero-order valence-electron chi connectivity index (χ0n) is 13.5. The van der Waals surface area contributed by atoms with E-state index >= 15 is 0 Å². The minimum absolute atomic E-state index is 0.276. The molecule has 0 aliphatic carbocycles. The predicted octanol–water partition coefficient (Wildman–Crippen LogP) is 1.34. The first kappa shape index (κ1) is 16.2. The molecule has 1 saturated heterocycles. The van der Waals surface area contributed by atoms with Crippen LogP contribution in [0.25, 0.3) is 0 Å². The van der Waals surface area contributed by atoms with Crippen LogP contribution >= 0.6 is 0 Å². The Labute approximate surface area is 128 Å². The van der Waals surface area contributed by atoms with Crippen LogP contribution in [0, 0.1) is 0 Å². The maximum atomic E-state index is 6.16. The second-order valence-electron chi connectivity index (χ2n) is 6.14. The molecule has 1 fully saturated rings. The van der Waals surface area contributed by atoms with Crippen molar-refractivity contribution in [1.82, 2.24) is 20.1 Å². The lowest BCUT2D eigenvalue weighted by Gasteiger charge is -2.39. The first-order valence-corrected chi connectivity index (χ1v) is 7.93. The van der Waals surface area contributed by atoms with E-state index in [2.05, 4.69) is 41.1 Å². The van der Waals surface area contributed by atoms with Crippen LogP contribution in [0.15, 0.2) is 18.5 Å². The fourth-order valence-electron chi connectivity index (χ4n) is 2.98. The lowest BCUT2D eigenvalue weighted by atomic mass is 9.97. The van der Waals surface area contributed by atoms with Crippen LogP contribution in [0.3, 0.4) is 0 Å². The van der Waals surface area contributed by atoms with Crippen molar-refractivity contribution in [2.75, 3.05) is 46.0 Å². The summed E-state index contributed by atoms with van der Waals surface area (Å²) in [4.78, 5) is 9.13. The molecule has 1 aromatic heterocycles. The number of rotatable bonds is 6. The summed E-state index contributed by atoms with van der Waals surface area (Å²) in [6, 6.07) is 2.72. The minimum atomic E-state index is 0.276. The largest absolute Gasteiger partial charge is 0.398 e. The molecule has 2 rings (SSSR count). The highest BCUT2D eigenvalue weighted by Crippen LogP contribution is 2.26. The predicted molar refractivity (Wildman–Crippen MR) is 88.2 cm³/mol. The van der Waals surface area contributed by atoms with Gasteiger partial charge in [0.25, 0.3) is 0 Å². The van der Waals surface area contributed by atoms with Crippen LogP contribution in [0.5, 0.6) is 0 Å². The summed E-state index contributed by atoms with van der Waals surface area (Å²) in [6.07, 6.45) is 5.86. The molecule has 2 atom stereocenters. The van der Waals surface area contributed by atoms with Crippen molar-refractivity contribution >= 4 is 5.69 Å². The average Bonchev–Trinajstić information content (AvgIpc) is 2.48. The van der Waals surface area contributed by atoms with E-state index in [9.17, 15) is 0 Å². The highest BCUT2D eigenvalue weighted by Gasteiger charge is 2.26. The van der Waals surface area contributed by atoms with Gasteiger partial charge in [-0.05, 0) is 39.5 Å². The van der Waals surface area contributed by atoms with Crippen LogP contribution in [0.4, 0.5) is 5.69 Å². The smallest absolute Gasteiger partial charge is 0.0393 e. The molecule has 0 spiro atoms. The molecule has 0 radical (unpaired) electrons. The van der Waals surface area contributed by atoms with Gasteiger partial charge in [0.05, 0.1) is 0 Å². The lowest BCUT2D eigenvalue weighted by molar-refractivity contribution is 0.101. The van der Waals surface area contributed by atoms with Gasteiger partial charge in [0.1, 0.15) is 0 Å². The molecule has 2 unspecified atom stereocenters. The Kier molecular flexibility index (Phi) is 5.96. The number of pyridine rings is 1. The van der Waals surface area contributed by atoms with Crippen molar-refractivity contribution in [2.24, 2.45) is 0 Å². The van der Waals surface area contributed by atoms with Crippen LogP contribution in [-0.4, -0.2) is 61.1 Å². The van der Waals surface area contributed by atoms with Crippen molar-refractivity contribution in [3.05, 3.63) is 24.0 Å². The number of nitrogens with one attached hydrogen (secondary N) is 1. The second kappa shape index (κ2) is 7.73. The van der Waals surface area contributed by atoms with E-state index in [1.54, 1.807) is 6.20 Å². The molecule has 0 aromatic carbocycles.